The van der Waals surface area contributed by atoms with Gasteiger partial charge in [0.2, 0.25) is 0 Å². The number of anilines is 1. The molecule has 186 valence electrons. The third kappa shape index (κ3) is 6.78. The molecule has 0 N–H and O–H groups in total. The zero-order valence-corrected chi connectivity index (χ0v) is 21.9. The third-order valence-electron chi connectivity index (χ3n) is 6.56. The molecule has 1 aliphatic rings. The first-order valence-corrected chi connectivity index (χ1v) is 12.2. The van der Waals surface area contributed by atoms with E-state index in [1.807, 2.05) is 11.9 Å². The van der Waals surface area contributed by atoms with Gasteiger partial charge in [0, 0.05) is 37.3 Å². The fourth-order valence-electron chi connectivity index (χ4n) is 4.98. The molecule has 5 nitrogen and oxygen atoms in total. The molecule has 0 saturated heterocycles. The minimum atomic E-state index is -0.197. The fourth-order valence-corrected chi connectivity index (χ4v) is 4.98. The quantitative estimate of drug-likeness (QED) is 0.236. The average molecular weight is 475 g/mol. The second-order valence-corrected chi connectivity index (χ2v) is 9.04. The zero-order chi connectivity index (χ0) is 26.1. The van der Waals surface area contributed by atoms with Crippen molar-refractivity contribution in [3.05, 3.63) is 88.3 Å². The first kappa shape index (κ1) is 27.8. The number of amides is 1. The zero-order valence-electron chi connectivity index (χ0n) is 21.9. The van der Waals surface area contributed by atoms with Crippen molar-refractivity contribution in [2.45, 2.75) is 53.4 Å². The van der Waals surface area contributed by atoms with Crippen molar-refractivity contribution in [3.8, 4) is 0 Å². The van der Waals surface area contributed by atoms with Crippen molar-refractivity contribution >= 4 is 24.2 Å². The molecule has 35 heavy (non-hydrogen) atoms. The molecule has 0 fully saturated rings. The Morgan fingerprint density at radius 2 is 1.69 bits per heavy atom. The predicted octanol–water partition coefficient (Wildman–Crippen LogP) is 5.65. The second-order valence-electron chi connectivity index (χ2n) is 9.04. The summed E-state index contributed by atoms with van der Waals surface area (Å²) in [6.07, 6.45) is 13.0. The van der Waals surface area contributed by atoms with E-state index < -0.39 is 0 Å². The molecule has 0 radical (unpaired) electrons. The lowest BCUT2D eigenvalue weighted by molar-refractivity contribution is -0.123. The first-order valence-electron chi connectivity index (χ1n) is 12.2. The van der Waals surface area contributed by atoms with Crippen LogP contribution in [0.4, 0.5) is 5.69 Å². The van der Waals surface area contributed by atoms with Gasteiger partial charge in [0.1, 0.15) is 12.6 Å². The van der Waals surface area contributed by atoms with Crippen molar-refractivity contribution in [2.24, 2.45) is 5.92 Å². The highest BCUT2D eigenvalue weighted by Gasteiger charge is 2.24. The minimum Gasteiger partial charge on any atom is -0.345 e. The average Bonchev–Trinajstić information content (AvgIpc) is 2.84. The summed E-state index contributed by atoms with van der Waals surface area (Å²) < 4.78 is 0. The number of aryl methyl sites for hydroxylation is 2. The van der Waals surface area contributed by atoms with Crippen LogP contribution in [0, 0.1) is 12.8 Å². The summed E-state index contributed by atoms with van der Waals surface area (Å²) in [6, 6.07) is 4.53. The number of rotatable bonds is 11. The van der Waals surface area contributed by atoms with E-state index >= 15 is 0 Å². The molecule has 1 aliphatic carbocycles. The van der Waals surface area contributed by atoms with E-state index in [9.17, 15) is 14.4 Å². The molecule has 0 bridgehead atoms. The molecule has 1 unspecified atom stereocenters. The first-order chi connectivity index (χ1) is 16.7. The van der Waals surface area contributed by atoms with Gasteiger partial charge in [0.15, 0.2) is 0 Å². The number of benzene rings is 1. The molecule has 0 spiro atoms. The van der Waals surface area contributed by atoms with E-state index in [2.05, 4.69) is 52.5 Å². The number of carbonyl (C=O) groups is 3. The molecule has 1 atom stereocenters. The maximum Gasteiger partial charge on any atom is 0.250 e. The second kappa shape index (κ2) is 12.8. The van der Waals surface area contributed by atoms with Crippen LogP contribution in [0.2, 0.25) is 0 Å². The Balaban J connectivity index is 2.31. The van der Waals surface area contributed by atoms with Gasteiger partial charge in [-0.3, -0.25) is 14.4 Å². The van der Waals surface area contributed by atoms with Crippen LogP contribution in [-0.4, -0.2) is 37.5 Å². The third-order valence-corrected chi connectivity index (χ3v) is 6.56. The highest BCUT2D eigenvalue weighted by molar-refractivity contribution is 5.92. The van der Waals surface area contributed by atoms with E-state index in [-0.39, 0.29) is 5.91 Å². The molecule has 1 aromatic carbocycles. The number of aldehydes is 2. The van der Waals surface area contributed by atoms with Gasteiger partial charge in [0.25, 0.3) is 5.91 Å². The molecule has 1 amide bonds. The summed E-state index contributed by atoms with van der Waals surface area (Å²) >= 11 is 0. The maximum atomic E-state index is 12.5. The number of likely N-dealkylation sites (N-methyl/N-ethyl adjacent to an activating group) is 2. The Hall–Kier alpha value is -3.47. The van der Waals surface area contributed by atoms with Crippen LogP contribution in [0.3, 0.4) is 0 Å². The maximum absolute atomic E-state index is 12.5. The van der Waals surface area contributed by atoms with Crippen LogP contribution >= 0.6 is 0 Å². The van der Waals surface area contributed by atoms with Crippen LogP contribution in [0.5, 0.6) is 0 Å². The van der Waals surface area contributed by atoms with Crippen LogP contribution in [0.1, 0.15) is 50.3 Å². The number of nitrogens with zero attached hydrogens (tertiary/aromatic N) is 2. The van der Waals surface area contributed by atoms with Gasteiger partial charge in [-0.15, -0.1) is 0 Å². The lowest BCUT2D eigenvalue weighted by atomic mass is 9.82. The van der Waals surface area contributed by atoms with E-state index in [4.69, 9.17) is 0 Å². The normalized spacial score (nSPS) is 15.9. The summed E-state index contributed by atoms with van der Waals surface area (Å²) in [4.78, 5) is 37.5. The Morgan fingerprint density at radius 3 is 2.29 bits per heavy atom. The van der Waals surface area contributed by atoms with Gasteiger partial charge in [0.05, 0.1) is 0 Å². The van der Waals surface area contributed by atoms with Crippen molar-refractivity contribution in [1.29, 1.82) is 0 Å². The van der Waals surface area contributed by atoms with Crippen molar-refractivity contribution in [2.75, 3.05) is 19.0 Å². The summed E-state index contributed by atoms with van der Waals surface area (Å²) in [7, 11) is 3.75. The van der Waals surface area contributed by atoms with Crippen LogP contribution in [0.15, 0.2) is 71.6 Å². The fraction of sp³-hybridized carbons (Fsp3) is 0.367. The number of carbonyl (C=O) groups excluding carboxylic acids is 3. The molecular formula is C30H38N2O3. The van der Waals surface area contributed by atoms with Gasteiger partial charge in [-0.2, -0.15) is 0 Å². The molecule has 0 saturated carbocycles. The van der Waals surface area contributed by atoms with Crippen LogP contribution < -0.4 is 4.90 Å². The SMILES string of the molecule is C=C(/C=C\C=O)N(C)c1c(C)cc(CC2C=C(C)C(N(C)C(=O)/C=C\C=O)=C(CC)C2)cc1CC. The van der Waals surface area contributed by atoms with Crippen LogP contribution in [0.25, 0.3) is 0 Å². The summed E-state index contributed by atoms with van der Waals surface area (Å²) in [5, 5.41) is 0. The summed E-state index contributed by atoms with van der Waals surface area (Å²) in [6.45, 7) is 12.6. The predicted molar refractivity (Wildman–Crippen MR) is 144 cm³/mol. The Labute approximate surface area is 210 Å². The van der Waals surface area contributed by atoms with Gasteiger partial charge in [-0.05, 0) is 91.5 Å². The van der Waals surface area contributed by atoms with Crippen molar-refractivity contribution in [1.82, 2.24) is 4.90 Å². The minimum absolute atomic E-state index is 0.197. The number of hydrogen-bond acceptors (Lipinski definition) is 4. The topological polar surface area (TPSA) is 57.7 Å². The molecule has 2 rings (SSSR count). The number of hydrogen-bond donors (Lipinski definition) is 0. The Bertz CT molecular complexity index is 1100. The smallest absolute Gasteiger partial charge is 0.250 e. The molecule has 0 aromatic heterocycles. The van der Waals surface area contributed by atoms with Gasteiger partial charge < -0.3 is 9.80 Å². The highest BCUT2D eigenvalue weighted by atomic mass is 16.2. The van der Waals surface area contributed by atoms with Crippen molar-refractivity contribution < 1.29 is 14.4 Å². The standard InChI is InChI=1S/C30H38N2O3/c1-8-26-19-24(16-21(3)29(26)31(6)23(5)12-10-14-33)18-25-17-22(4)30(27(9-2)20-25)32(7)28(35)13-11-15-34/h10-17,19,25H,5,8-9,18,20H2,1-4,6-7H3/b12-10-,13-11-. The monoisotopic (exact) mass is 474 g/mol. The van der Waals surface area contributed by atoms with Gasteiger partial charge in [-0.1, -0.05) is 38.6 Å². The lowest BCUT2D eigenvalue weighted by Gasteiger charge is -2.31. The molecule has 5 heteroatoms. The van der Waals surface area contributed by atoms with E-state index in [0.717, 1.165) is 54.6 Å². The van der Waals surface area contributed by atoms with Crippen LogP contribution in [-0.2, 0) is 27.2 Å². The Kier molecular flexibility index (Phi) is 10.2. The summed E-state index contributed by atoms with van der Waals surface area (Å²) in [5.41, 5.74) is 8.93. The molecule has 1 aromatic rings. The number of allylic oxidation sites excluding steroid dienone is 6. The van der Waals surface area contributed by atoms with Gasteiger partial charge in [-0.25, -0.2) is 0 Å². The van der Waals surface area contributed by atoms with E-state index in [1.165, 1.54) is 40.5 Å². The van der Waals surface area contributed by atoms with E-state index in [0.29, 0.717) is 12.2 Å². The largest absolute Gasteiger partial charge is 0.345 e. The lowest BCUT2D eigenvalue weighted by Crippen LogP contribution is -2.28. The van der Waals surface area contributed by atoms with E-state index in [1.54, 1.807) is 18.0 Å². The highest BCUT2D eigenvalue weighted by Crippen LogP contribution is 2.36. The van der Waals surface area contributed by atoms with Crippen molar-refractivity contribution in [3.63, 3.8) is 0 Å². The molecule has 0 heterocycles. The summed E-state index contributed by atoms with van der Waals surface area (Å²) in [5.74, 6) is 0.151. The van der Waals surface area contributed by atoms with Gasteiger partial charge >= 0.3 is 0 Å². The molecular weight excluding hydrogens is 436 g/mol. The Morgan fingerprint density at radius 1 is 1.03 bits per heavy atom. The molecule has 0 aliphatic heterocycles.